The maximum atomic E-state index is 11.5. The van der Waals surface area contributed by atoms with Gasteiger partial charge in [0.1, 0.15) is 6.29 Å². The molecule has 0 atom stereocenters. The van der Waals surface area contributed by atoms with Crippen molar-refractivity contribution in [1.82, 2.24) is 5.06 Å². The van der Waals surface area contributed by atoms with Crippen LogP contribution >= 0.6 is 0 Å². The first kappa shape index (κ1) is 13.5. The molecule has 0 unspecified atom stereocenters. The van der Waals surface area contributed by atoms with E-state index in [-0.39, 0.29) is 5.97 Å². The van der Waals surface area contributed by atoms with E-state index in [9.17, 15) is 9.59 Å². The molecule has 1 heterocycles. The number of nitrogens with zero attached hydrogens (tertiary/aromatic N) is 1. The number of hydrogen-bond donors (Lipinski definition) is 0. The molecule has 0 aliphatic carbocycles. The molecule has 17 heavy (non-hydrogen) atoms. The summed E-state index contributed by atoms with van der Waals surface area (Å²) in [5.41, 5.74) is 1.56. The summed E-state index contributed by atoms with van der Waals surface area (Å²) >= 11 is 0. The summed E-state index contributed by atoms with van der Waals surface area (Å²) in [6.07, 6.45) is 5.88. The summed E-state index contributed by atoms with van der Waals surface area (Å²) < 4.78 is 0. The van der Waals surface area contributed by atoms with Gasteiger partial charge >= 0.3 is 5.97 Å². The standard InChI is InChI=1S/C13H19NO3/c1-11-8-9-12(2)14(11)17-13(16)7-5-3-4-6-10-15/h10H,1-9H2. The Balaban J connectivity index is 2.18. The van der Waals surface area contributed by atoms with Crippen LogP contribution in [-0.4, -0.2) is 17.3 Å². The minimum Gasteiger partial charge on any atom is -0.337 e. The highest BCUT2D eigenvalue weighted by Crippen LogP contribution is 2.28. The van der Waals surface area contributed by atoms with Crippen molar-refractivity contribution in [2.24, 2.45) is 0 Å². The van der Waals surface area contributed by atoms with Crippen molar-refractivity contribution < 1.29 is 14.4 Å². The number of hydroxylamine groups is 2. The Hall–Kier alpha value is -1.58. The van der Waals surface area contributed by atoms with Gasteiger partial charge in [-0.3, -0.25) is 0 Å². The van der Waals surface area contributed by atoms with E-state index in [2.05, 4.69) is 13.2 Å². The molecular formula is C13H19NO3. The lowest BCUT2D eigenvalue weighted by Gasteiger charge is -2.18. The molecule has 1 aliphatic rings. The quantitative estimate of drug-likeness (QED) is 0.504. The van der Waals surface area contributed by atoms with Gasteiger partial charge in [-0.15, -0.1) is 0 Å². The van der Waals surface area contributed by atoms with E-state index < -0.39 is 0 Å². The number of carbonyl (C=O) groups excluding carboxylic acids is 2. The van der Waals surface area contributed by atoms with Crippen molar-refractivity contribution in [1.29, 1.82) is 0 Å². The fourth-order valence-electron chi connectivity index (χ4n) is 1.67. The molecule has 0 aromatic heterocycles. The number of aldehydes is 1. The minimum atomic E-state index is -0.264. The van der Waals surface area contributed by atoms with Gasteiger partial charge in [0.2, 0.25) is 0 Å². The molecule has 0 aromatic carbocycles. The largest absolute Gasteiger partial charge is 0.337 e. The number of unbranched alkanes of at least 4 members (excludes halogenated alkanes) is 3. The molecule has 0 radical (unpaired) electrons. The molecule has 0 saturated carbocycles. The van der Waals surface area contributed by atoms with Crippen molar-refractivity contribution in [2.75, 3.05) is 0 Å². The van der Waals surface area contributed by atoms with Gasteiger partial charge in [-0.25, -0.2) is 4.79 Å². The maximum Gasteiger partial charge on any atom is 0.332 e. The summed E-state index contributed by atoms with van der Waals surface area (Å²) in [5.74, 6) is -0.264. The summed E-state index contributed by atoms with van der Waals surface area (Å²) in [5, 5.41) is 1.44. The molecular weight excluding hydrogens is 218 g/mol. The zero-order chi connectivity index (χ0) is 12.7. The number of rotatable bonds is 7. The van der Waals surface area contributed by atoms with Crippen LogP contribution in [0.1, 0.15) is 44.9 Å². The van der Waals surface area contributed by atoms with E-state index in [4.69, 9.17) is 4.84 Å². The topological polar surface area (TPSA) is 46.6 Å². The lowest BCUT2D eigenvalue weighted by Crippen LogP contribution is -2.20. The molecule has 4 nitrogen and oxygen atoms in total. The molecule has 1 saturated heterocycles. The van der Waals surface area contributed by atoms with Crippen LogP contribution in [0.4, 0.5) is 0 Å². The first-order chi connectivity index (χ1) is 8.15. The van der Waals surface area contributed by atoms with Crippen LogP contribution in [0.5, 0.6) is 0 Å². The summed E-state index contributed by atoms with van der Waals surface area (Å²) in [6, 6.07) is 0. The first-order valence-corrected chi connectivity index (χ1v) is 5.95. The predicted molar refractivity (Wildman–Crippen MR) is 64.6 cm³/mol. The third-order valence-corrected chi connectivity index (χ3v) is 2.67. The average molecular weight is 237 g/mol. The minimum absolute atomic E-state index is 0.264. The molecule has 1 rings (SSSR count). The lowest BCUT2D eigenvalue weighted by atomic mass is 10.1. The number of carbonyl (C=O) groups is 2. The maximum absolute atomic E-state index is 11.5. The zero-order valence-corrected chi connectivity index (χ0v) is 10.1. The smallest absolute Gasteiger partial charge is 0.332 e. The van der Waals surface area contributed by atoms with Crippen molar-refractivity contribution >= 4 is 12.3 Å². The second kappa shape index (κ2) is 6.89. The monoisotopic (exact) mass is 237 g/mol. The van der Waals surface area contributed by atoms with Gasteiger partial charge in [0, 0.05) is 12.8 Å². The molecule has 4 heteroatoms. The molecule has 94 valence electrons. The Morgan fingerprint density at radius 1 is 1.24 bits per heavy atom. The highest BCUT2D eigenvalue weighted by Gasteiger charge is 2.22. The van der Waals surface area contributed by atoms with Crippen LogP contribution in [0, 0.1) is 0 Å². The van der Waals surface area contributed by atoms with Crippen LogP contribution < -0.4 is 0 Å². The Bertz CT molecular complexity index is 307. The Labute approximate surface area is 102 Å². The summed E-state index contributed by atoms with van der Waals surface area (Å²) in [6.45, 7) is 7.62. The predicted octanol–water partition coefficient (Wildman–Crippen LogP) is 2.72. The normalized spacial score (nSPS) is 15.2. The van der Waals surface area contributed by atoms with Crippen LogP contribution in [-0.2, 0) is 14.4 Å². The van der Waals surface area contributed by atoms with Crippen molar-refractivity contribution in [3.8, 4) is 0 Å². The second-order valence-electron chi connectivity index (χ2n) is 4.16. The summed E-state index contributed by atoms with van der Waals surface area (Å²) in [4.78, 5) is 26.8. The first-order valence-electron chi connectivity index (χ1n) is 5.95. The third-order valence-electron chi connectivity index (χ3n) is 2.67. The highest BCUT2D eigenvalue weighted by molar-refractivity contribution is 5.69. The third kappa shape index (κ3) is 4.43. The summed E-state index contributed by atoms with van der Waals surface area (Å²) in [7, 11) is 0. The van der Waals surface area contributed by atoms with Crippen LogP contribution in [0.25, 0.3) is 0 Å². The van der Waals surface area contributed by atoms with Gasteiger partial charge in [-0.2, -0.15) is 5.06 Å². The van der Waals surface area contributed by atoms with Gasteiger partial charge < -0.3 is 9.63 Å². The van der Waals surface area contributed by atoms with Gasteiger partial charge in [-0.05, 0) is 25.7 Å². The molecule has 1 fully saturated rings. The fourth-order valence-corrected chi connectivity index (χ4v) is 1.67. The van der Waals surface area contributed by atoms with E-state index in [1.54, 1.807) is 0 Å². The number of hydrogen-bond acceptors (Lipinski definition) is 4. The molecule has 1 aliphatic heterocycles. The molecule has 0 bridgehead atoms. The Morgan fingerprint density at radius 3 is 2.47 bits per heavy atom. The van der Waals surface area contributed by atoms with Gasteiger partial charge in [0.25, 0.3) is 0 Å². The van der Waals surface area contributed by atoms with E-state index in [1.807, 2.05) is 0 Å². The fraction of sp³-hybridized carbons (Fsp3) is 0.538. The van der Waals surface area contributed by atoms with Crippen molar-refractivity contribution in [2.45, 2.75) is 44.9 Å². The van der Waals surface area contributed by atoms with E-state index in [0.717, 1.165) is 49.8 Å². The van der Waals surface area contributed by atoms with Crippen molar-refractivity contribution in [3.05, 3.63) is 24.6 Å². The molecule has 0 spiro atoms. The lowest BCUT2D eigenvalue weighted by molar-refractivity contribution is -0.172. The van der Waals surface area contributed by atoms with Crippen LogP contribution in [0.2, 0.25) is 0 Å². The van der Waals surface area contributed by atoms with Gasteiger partial charge in [-0.1, -0.05) is 19.6 Å². The highest BCUT2D eigenvalue weighted by atomic mass is 16.7. The van der Waals surface area contributed by atoms with Crippen LogP contribution in [0.15, 0.2) is 24.6 Å². The molecule has 0 N–H and O–H groups in total. The van der Waals surface area contributed by atoms with E-state index in [1.165, 1.54) is 5.06 Å². The van der Waals surface area contributed by atoms with Gasteiger partial charge in [0.15, 0.2) is 0 Å². The zero-order valence-electron chi connectivity index (χ0n) is 10.1. The Morgan fingerprint density at radius 2 is 1.88 bits per heavy atom. The Kier molecular flexibility index (Phi) is 5.46. The molecule has 0 aromatic rings. The van der Waals surface area contributed by atoms with E-state index >= 15 is 0 Å². The average Bonchev–Trinajstić information content (AvgIpc) is 2.60. The number of allylic oxidation sites excluding steroid dienone is 2. The van der Waals surface area contributed by atoms with Crippen LogP contribution in [0.3, 0.4) is 0 Å². The second-order valence-corrected chi connectivity index (χ2v) is 4.16. The molecule has 0 amide bonds. The van der Waals surface area contributed by atoms with E-state index in [0.29, 0.717) is 12.8 Å². The SMILES string of the molecule is C=C1CCC(=C)N1OC(=O)CCCCCC=O. The van der Waals surface area contributed by atoms with Crippen molar-refractivity contribution in [3.63, 3.8) is 0 Å². The van der Waals surface area contributed by atoms with Gasteiger partial charge in [0.05, 0.1) is 11.4 Å².